The predicted molar refractivity (Wildman–Crippen MR) is 243 cm³/mol. The van der Waals surface area contributed by atoms with E-state index in [-0.39, 0.29) is 0 Å². The number of nitrogens with zero attached hydrogens (tertiary/aromatic N) is 5. The maximum absolute atomic E-state index is 9.85. The molecule has 5 nitrogen and oxygen atoms in total. The summed E-state index contributed by atoms with van der Waals surface area (Å²) < 4.78 is 0. The summed E-state index contributed by atoms with van der Waals surface area (Å²) in [5, 5.41) is 10.9. The van der Waals surface area contributed by atoms with Crippen LogP contribution in [0, 0.1) is 11.3 Å². The maximum atomic E-state index is 9.85. The van der Waals surface area contributed by atoms with Gasteiger partial charge in [0.15, 0.2) is 11.6 Å². The van der Waals surface area contributed by atoms with Crippen molar-refractivity contribution in [2.24, 2.45) is 0 Å². The lowest BCUT2D eigenvalue weighted by molar-refractivity contribution is 1.18. The summed E-state index contributed by atoms with van der Waals surface area (Å²) >= 11 is 0. The molecule has 0 aliphatic carbocycles. The predicted octanol–water partition coefficient (Wildman–Crippen LogP) is 13.6. The van der Waals surface area contributed by atoms with Crippen LogP contribution < -0.4 is 0 Å². The van der Waals surface area contributed by atoms with Crippen molar-refractivity contribution in [3.05, 3.63) is 218 Å². The van der Waals surface area contributed by atoms with Crippen LogP contribution in [0.25, 0.3) is 101 Å². The van der Waals surface area contributed by atoms with Crippen LogP contribution in [0.4, 0.5) is 0 Å². The number of fused-ring (bicyclic) bond motifs is 1. The van der Waals surface area contributed by atoms with E-state index in [2.05, 4.69) is 103 Å². The summed E-state index contributed by atoms with van der Waals surface area (Å²) in [5.41, 5.74) is 15.2. The van der Waals surface area contributed by atoms with E-state index in [1.807, 2.05) is 115 Å². The highest BCUT2D eigenvalue weighted by Crippen LogP contribution is 2.37. The lowest BCUT2D eigenvalue weighted by atomic mass is 9.93. The first-order chi connectivity index (χ1) is 29.7. The second kappa shape index (κ2) is 15.9. The van der Waals surface area contributed by atoms with Crippen molar-refractivity contribution < 1.29 is 0 Å². The quantitative estimate of drug-likeness (QED) is 0.154. The molecule has 0 aliphatic rings. The molecule has 10 aromatic rings. The molecule has 280 valence electrons. The lowest BCUT2D eigenvalue weighted by Crippen LogP contribution is -1.97. The van der Waals surface area contributed by atoms with Crippen LogP contribution in [0.5, 0.6) is 0 Å². The van der Waals surface area contributed by atoms with Gasteiger partial charge in [0.25, 0.3) is 0 Å². The minimum atomic E-state index is 0.631. The fourth-order valence-corrected chi connectivity index (χ4v) is 7.79. The van der Waals surface area contributed by atoms with E-state index in [1.165, 1.54) is 0 Å². The zero-order valence-electron chi connectivity index (χ0n) is 32.4. The Morgan fingerprint density at radius 3 is 1.57 bits per heavy atom. The molecule has 0 atom stereocenters. The molecule has 0 fully saturated rings. The van der Waals surface area contributed by atoms with E-state index >= 15 is 0 Å². The standard InChI is InChI=1S/C55H35N5/c56-36-45-19-7-8-24-46(45)42-21-14-23-44(34-42)51-35-52(59-54(58-51)39-15-3-1-4-16-39)48-26-10-9-25-47(48)43-22-13-20-41(33-43)37-29-31-38(32-30-37)53-49-27-11-12-28-50(49)57-55(60-53)40-17-5-2-6-18-40/h1-35H. The largest absolute Gasteiger partial charge is 0.228 e. The maximum Gasteiger partial charge on any atom is 0.160 e. The molecular formula is C55H35N5. The van der Waals surface area contributed by atoms with Gasteiger partial charge in [0.2, 0.25) is 0 Å². The van der Waals surface area contributed by atoms with Gasteiger partial charge in [0.1, 0.15) is 0 Å². The van der Waals surface area contributed by atoms with E-state index in [1.54, 1.807) is 0 Å². The Hall–Kier alpha value is -8.33. The highest BCUT2D eigenvalue weighted by Gasteiger charge is 2.16. The van der Waals surface area contributed by atoms with Gasteiger partial charge in [-0.05, 0) is 63.7 Å². The third kappa shape index (κ3) is 7.11. The molecule has 0 saturated heterocycles. The first-order valence-corrected chi connectivity index (χ1v) is 19.9. The summed E-state index contributed by atoms with van der Waals surface area (Å²) in [4.78, 5) is 20.3. The summed E-state index contributed by atoms with van der Waals surface area (Å²) in [5.74, 6) is 1.35. The molecule has 2 aromatic heterocycles. The number of benzene rings is 8. The summed E-state index contributed by atoms with van der Waals surface area (Å²) in [6.45, 7) is 0. The van der Waals surface area contributed by atoms with Crippen molar-refractivity contribution in [2.45, 2.75) is 0 Å². The van der Waals surface area contributed by atoms with Gasteiger partial charge < -0.3 is 0 Å². The van der Waals surface area contributed by atoms with E-state index in [0.29, 0.717) is 17.2 Å². The van der Waals surface area contributed by atoms with Crippen LogP contribution in [-0.4, -0.2) is 19.9 Å². The van der Waals surface area contributed by atoms with Crippen molar-refractivity contribution in [3.8, 4) is 96.0 Å². The first kappa shape index (κ1) is 36.0. The van der Waals surface area contributed by atoms with E-state index < -0.39 is 0 Å². The number of para-hydroxylation sites is 1. The molecule has 2 heterocycles. The van der Waals surface area contributed by atoms with Gasteiger partial charge in [-0.3, -0.25) is 0 Å². The smallest absolute Gasteiger partial charge is 0.160 e. The third-order valence-corrected chi connectivity index (χ3v) is 10.8. The molecule has 0 spiro atoms. The molecule has 8 aromatic carbocycles. The SMILES string of the molecule is N#Cc1ccccc1-c1cccc(-c2cc(-c3ccccc3-c3cccc(-c4ccc(-c5nc(-c6ccccc6)nc6ccccc56)cc4)c3)nc(-c3ccccc3)n2)c1. The van der Waals surface area contributed by atoms with Crippen molar-refractivity contribution >= 4 is 10.9 Å². The molecule has 10 rings (SSSR count). The summed E-state index contributed by atoms with van der Waals surface area (Å²) in [7, 11) is 0. The molecule has 0 radical (unpaired) electrons. The second-order valence-electron chi connectivity index (χ2n) is 14.5. The molecule has 0 saturated carbocycles. The minimum Gasteiger partial charge on any atom is -0.228 e. The van der Waals surface area contributed by atoms with Gasteiger partial charge in [0.05, 0.1) is 34.2 Å². The van der Waals surface area contributed by atoms with Crippen LogP contribution in [0.15, 0.2) is 212 Å². The van der Waals surface area contributed by atoms with Gasteiger partial charge in [-0.15, -0.1) is 0 Å². The van der Waals surface area contributed by atoms with Crippen LogP contribution in [0.1, 0.15) is 5.56 Å². The number of hydrogen-bond donors (Lipinski definition) is 0. The zero-order valence-corrected chi connectivity index (χ0v) is 32.4. The Labute approximate surface area is 348 Å². The van der Waals surface area contributed by atoms with Crippen LogP contribution in [-0.2, 0) is 0 Å². The lowest BCUT2D eigenvalue weighted by Gasteiger charge is -2.14. The average Bonchev–Trinajstić information content (AvgIpc) is 3.34. The fraction of sp³-hybridized carbons (Fsp3) is 0. The van der Waals surface area contributed by atoms with E-state index in [9.17, 15) is 5.26 Å². The van der Waals surface area contributed by atoms with E-state index in [4.69, 9.17) is 19.9 Å². The minimum absolute atomic E-state index is 0.631. The van der Waals surface area contributed by atoms with Gasteiger partial charge in [-0.1, -0.05) is 182 Å². The number of hydrogen-bond acceptors (Lipinski definition) is 5. The monoisotopic (exact) mass is 765 g/mol. The molecule has 0 aliphatic heterocycles. The Morgan fingerprint density at radius 1 is 0.317 bits per heavy atom. The molecule has 0 amide bonds. The fourth-order valence-electron chi connectivity index (χ4n) is 7.79. The summed E-state index contributed by atoms with van der Waals surface area (Å²) in [6.07, 6.45) is 0. The zero-order chi connectivity index (χ0) is 40.3. The van der Waals surface area contributed by atoms with Gasteiger partial charge in [-0.2, -0.15) is 5.26 Å². The van der Waals surface area contributed by atoms with Crippen molar-refractivity contribution in [1.29, 1.82) is 5.26 Å². The summed E-state index contributed by atoms with van der Waals surface area (Å²) in [6, 6.07) is 74.5. The molecule has 0 N–H and O–H groups in total. The third-order valence-electron chi connectivity index (χ3n) is 10.8. The normalized spacial score (nSPS) is 11.0. The number of aromatic nitrogens is 4. The van der Waals surface area contributed by atoms with Crippen molar-refractivity contribution in [3.63, 3.8) is 0 Å². The Kier molecular flexibility index (Phi) is 9.55. The van der Waals surface area contributed by atoms with Gasteiger partial charge in [-0.25, -0.2) is 19.9 Å². The topological polar surface area (TPSA) is 75.3 Å². The first-order valence-electron chi connectivity index (χ1n) is 19.9. The number of nitriles is 1. The van der Waals surface area contributed by atoms with Crippen LogP contribution in [0.2, 0.25) is 0 Å². The molecular weight excluding hydrogens is 731 g/mol. The van der Waals surface area contributed by atoms with Gasteiger partial charge in [0, 0.05) is 33.2 Å². The van der Waals surface area contributed by atoms with Crippen molar-refractivity contribution in [1.82, 2.24) is 19.9 Å². The molecule has 60 heavy (non-hydrogen) atoms. The van der Waals surface area contributed by atoms with Crippen LogP contribution in [0.3, 0.4) is 0 Å². The highest BCUT2D eigenvalue weighted by molar-refractivity contribution is 5.94. The Morgan fingerprint density at radius 2 is 0.833 bits per heavy atom. The number of rotatable bonds is 8. The molecule has 5 heteroatoms. The second-order valence-corrected chi connectivity index (χ2v) is 14.5. The van der Waals surface area contributed by atoms with E-state index in [0.717, 1.165) is 89.2 Å². The highest BCUT2D eigenvalue weighted by atomic mass is 14.9. The molecule has 0 bridgehead atoms. The molecule has 0 unspecified atom stereocenters. The van der Waals surface area contributed by atoms with Crippen molar-refractivity contribution in [2.75, 3.05) is 0 Å². The van der Waals surface area contributed by atoms with Gasteiger partial charge >= 0.3 is 0 Å². The van der Waals surface area contributed by atoms with Crippen LogP contribution >= 0.6 is 0 Å². The Balaban J connectivity index is 1.03. The Bertz CT molecular complexity index is 3210. The average molecular weight is 766 g/mol.